The second-order valence-electron chi connectivity index (χ2n) is 10.7. The van der Waals surface area contributed by atoms with Gasteiger partial charge in [-0.3, -0.25) is 14.5 Å². The summed E-state index contributed by atoms with van der Waals surface area (Å²) in [4.78, 5) is 31.8. The molecule has 274 valence electrons. The van der Waals surface area contributed by atoms with E-state index in [1.54, 1.807) is 6.26 Å². The Hall–Kier alpha value is -3.85. The summed E-state index contributed by atoms with van der Waals surface area (Å²) in [6.45, 7) is 10.4. The first-order valence-electron chi connectivity index (χ1n) is 13.9. The molecule has 0 bridgehead atoms. The Morgan fingerprint density at radius 2 is 1.42 bits per heavy atom. The van der Waals surface area contributed by atoms with Crippen LogP contribution in [-0.2, 0) is 38.8 Å². The van der Waals surface area contributed by atoms with Gasteiger partial charge in [-0.2, -0.15) is 44.6 Å². The van der Waals surface area contributed by atoms with Crippen LogP contribution in [0.1, 0.15) is 31.1 Å². The summed E-state index contributed by atoms with van der Waals surface area (Å²) in [5, 5.41) is 25.8. The number of rotatable bonds is 7. The molecule has 48 heavy (non-hydrogen) atoms. The summed E-state index contributed by atoms with van der Waals surface area (Å²) in [7, 11) is 1.84. The van der Waals surface area contributed by atoms with Gasteiger partial charge >= 0.3 is 36.4 Å². The van der Waals surface area contributed by atoms with Crippen molar-refractivity contribution in [3.8, 4) is 0 Å². The van der Waals surface area contributed by atoms with E-state index >= 15 is 0 Å². The van der Waals surface area contributed by atoms with Gasteiger partial charge in [0, 0.05) is 51.0 Å². The lowest BCUT2D eigenvalue weighted by molar-refractivity contribution is -0.193. The molecule has 0 aromatic carbocycles. The SMILES string of the molecule is CCn1cc(CN2CCC3(CC2)CN(Cc2ccco2)CC3COC)cn1.O=C(O)C(F)(F)F.O=C(O)C(F)(F)F.O=C(O)C(F)(F)F. The Morgan fingerprint density at radius 3 is 1.79 bits per heavy atom. The van der Waals surface area contributed by atoms with Crippen molar-refractivity contribution in [1.29, 1.82) is 0 Å². The van der Waals surface area contributed by atoms with Gasteiger partial charge in [-0.15, -0.1) is 0 Å². The highest BCUT2D eigenvalue weighted by molar-refractivity contribution is 5.73. The van der Waals surface area contributed by atoms with Crippen LogP contribution in [0.25, 0.3) is 0 Å². The molecule has 21 heteroatoms. The van der Waals surface area contributed by atoms with Crippen LogP contribution in [0.2, 0.25) is 0 Å². The number of carboxylic acid groups (broad SMARTS) is 3. The van der Waals surface area contributed by atoms with Gasteiger partial charge in [0.05, 0.1) is 25.6 Å². The summed E-state index contributed by atoms with van der Waals surface area (Å²) >= 11 is 0. The van der Waals surface area contributed by atoms with Crippen molar-refractivity contribution in [3.05, 3.63) is 42.1 Å². The van der Waals surface area contributed by atoms with Crippen LogP contribution in [0.15, 0.2) is 35.2 Å². The van der Waals surface area contributed by atoms with Crippen LogP contribution >= 0.6 is 0 Å². The Balaban J connectivity index is 0.000000448. The Labute approximate surface area is 267 Å². The number of nitrogens with zero attached hydrogens (tertiary/aromatic N) is 4. The monoisotopic (exact) mass is 714 g/mol. The number of aryl methyl sites for hydroxylation is 1. The van der Waals surface area contributed by atoms with Crippen LogP contribution in [0.4, 0.5) is 39.5 Å². The molecule has 2 aromatic heterocycles. The van der Waals surface area contributed by atoms with Gasteiger partial charge in [0.2, 0.25) is 0 Å². The van der Waals surface area contributed by atoms with Gasteiger partial charge in [-0.05, 0) is 50.4 Å². The second-order valence-corrected chi connectivity index (χ2v) is 10.7. The molecule has 4 rings (SSSR count). The number of carboxylic acids is 3. The number of carbonyl (C=O) groups is 3. The minimum absolute atomic E-state index is 0.382. The number of hydrogen-bond acceptors (Lipinski definition) is 8. The predicted octanol–water partition coefficient (Wildman–Crippen LogP) is 4.76. The van der Waals surface area contributed by atoms with E-state index < -0.39 is 36.4 Å². The summed E-state index contributed by atoms with van der Waals surface area (Å²) in [5.74, 6) is -6.59. The average Bonchev–Trinajstić information content (AvgIpc) is 3.71. The number of likely N-dealkylation sites (tertiary alicyclic amines) is 2. The van der Waals surface area contributed by atoms with Crippen LogP contribution in [0.3, 0.4) is 0 Å². The van der Waals surface area contributed by atoms with Gasteiger partial charge in [-0.25, -0.2) is 14.4 Å². The van der Waals surface area contributed by atoms with E-state index in [0.717, 1.165) is 58.2 Å². The molecule has 2 aliphatic rings. The predicted molar refractivity (Wildman–Crippen MR) is 145 cm³/mol. The number of furan rings is 1. The molecule has 2 saturated heterocycles. The van der Waals surface area contributed by atoms with E-state index in [4.69, 9.17) is 38.9 Å². The van der Waals surface area contributed by atoms with Crippen molar-refractivity contribution in [3.63, 3.8) is 0 Å². The number of aliphatic carboxylic acids is 3. The fourth-order valence-electron chi connectivity index (χ4n) is 4.96. The van der Waals surface area contributed by atoms with E-state index in [1.807, 2.05) is 24.1 Å². The lowest BCUT2D eigenvalue weighted by Crippen LogP contribution is -2.44. The third-order valence-corrected chi connectivity index (χ3v) is 7.21. The number of piperidine rings is 1. The van der Waals surface area contributed by atoms with E-state index in [0.29, 0.717) is 11.3 Å². The first kappa shape index (κ1) is 42.2. The molecule has 1 spiro atoms. The normalized spacial score (nSPS) is 18.1. The van der Waals surface area contributed by atoms with E-state index in [2.05, 4.69) is 34.1 Å². The highest BCUT2D eigenvalue weighted by Crippen LogP contribution is 2.45. The zero-order chi connectivity index (χ0) is 36.9. The number of aromatic nitrogens is 2. The van der Waals surface area contributed by atoms with Crippen molar-refractivity contribution >= 4 is 17.9 Å². The van der Waals surface area contributed by atoms with Crippen molar-refractivity contribution in [2.24, 2.45) is 11.3 Å². The molecule has 3 N–H and O–H groups in total. The maximum absolute atomic E-state index is 10.6. The van der Waals surface area contributed by atoms with E-state index in [9.17, 15) is 39.5 Å². The Kier molecular flexibility index (Phi) is 15.9. The van der Waals surface area contributed by atoms with Gasteiger partial charge in [0.1, 0.15) is 5.76 Å². The van der Waals surface area contributed by atoms with Crippen molar-refractivity contribution in [1.82, 2.24) is 19.6 Å². The zero-order valence-electron chi connectivity index (χ0n) is 25.6. The summed E-state index contributed by atoms with van der Waals surface area (Å²) < 4.78 is 108. The van der Waals surface area contributed by atoms with Crippen molar-refractivity contribution < 1.29 is 78.4 Å². The van der Waals surface area contributed by atoms with Crippen LogP contribution in [0.5, 0.6) is 0 Å². The summed E-state index contributed by atoms with van der Waals surface area (Å²) in [6, 6.07) is 4.06. The van der Waals surface area contributed by atoms with Crippen LogP contribution in [0, 0.1) is 11.3 Å². The maximum Gasteiger partial charge on any atom is 0.490 e. The largest absolute Gasteiger partial charge is 0.490 e. The van der Waals surface area contributed by atoms with Gasteiger partial charge in [0.25, 0.3) is 0 Å². The smallest absolute Gasteiger partial charge is 0.475 e. The minimum Gasteiger partial charge on any atom is -0.475 e. The maximum atomic E-state index is 10.6. The third kappa shape index (κ3) is 14.5. The van der Waals surface area contributed by atoms with Crippen molar-refractivity contribution in [2.45, 2.75) is 57.9 Å². The Morgan fingerprint density at radius 1 is 0.917 bits per heavy atom. The molecular formula is C27H35F9N4O8. The quantitative estimate of drug-likeness (QED) is 0.340. The topological polar surface area (TPSA) is 159 Å². The molecule has 0 aliphatic carbocycles. The molecule has 12 nitrogen and oxygen atoms in total. The molecule has 1 atom stereocenters. The molecule has 0 amide bonds. The highest BCUT2D eigenvalue weighted by Gasteiger charge is 2.48. The van der Waals surface area contributed by atoms with E-state index in [-0.39, 0.29) is 0 Å². The van der Waals surface area contributed by atoms with Crippen LogP contribution < -0.4 is 0 Å². The Bertz CT molecular complexity index is 1220. The molecule has 4 heterocycles. The fourth-order valence-corrected chi connectivity index (χ4v) is 4.96. The third-order valence-electron chi connectivity index (χ3n) is 7.21. The number of halogens is 9. The average molecular weight is 715 g/mol. The summed E-state index contributed by atoms with van der Waals surface area (Å²) in [5.41, 5.74) is 1.71. The second kappa shape index (κ2) is 18.1. The van der Waals surface area contributed by atoms with Gasteiger partial charge in [0.15, 0.2) is 0 Å². The molecule has 2 aliphatic heterocycles. The number of ether oxygens (including phenoxy) is 1. The fraction of sp³-hybridized carbons (Fsp3) is 0.630. The molecule has 0 radical (unpaired) electrons. The van der Waals surface area contributed by atoms with Gasteiger partial charge < -0.3 is 24.5 Å². The first-order valence-corrected chi connectivity index (χ1v) is 13.9. The minimum atomic E-state index is -5.08. The zero-order valence-corrected chi connectivity index (χ0v) is 25.6. The lowest BCUT2D eigenvalue weighted by Gasteiger charge is -2.42. The molecular weight excluding hydrogens is 679 g/mol. The molecule has 1 unspecified atom stereocenters. The van der Waals surface area contributed by atoms with E-state index in [1.165, 1.54) is 18.4 Å². The molecule has 0 saturated carbocycles. The number of hydrogen-bond donors (Lipinski definition) is 3. The number of alkyl halides is 9. The summed E-state index contributed by atoms with van der Waals surface area (Å²) in [6.07, 6.45) is -6.79. The van der Waals surface area contributed by atoms with Gasteiger partial charge in [-0.1, -0.05) is 0 Å². The lowest BCUT2D eigenvalue weighted by atomic mass is 9.71. The van der Waals surface area contributed by atoms with Crippen LogP contribution in [-0.4, -0.2) is 111 Å². The number of methoxy groups -OCH3 is 1. The van der Waals surface area contributed by atoms with Crippen molar-refractivity contribution in [2.75, 3.05) is 39.9 Å². The molecule has 2 aromatic rings. The molecule has 2 fully saturated rings. The first-order chi connectivity index (χ1) is 22.0. The standard InChI is InChI=1S/C21H32N4O2.3C2HF3O2/c1-3-25-13-18(11-22-25)12-23-8-6-21(7-9-23)17-24(14-19(21)16-26-2)15-20-5-4-10-27-20;3*3-2(4,5)1(6)7/h4-5,10-11,13,19H,3,6-9,12,14-17H2,1-2H3;3*(H,6,7). The highest BCUT2D eigenvalue weighted by atomic mass is 19.4.